The van der Waals surface area contributed by atoms with E-state index in [1.54, 1.807) is 0 Å². The van der Waals surface area contributed by atoms with Gasteiger partial charge >= 0.3 is 11.9 Å². The maximum Gasteiger partial charge on any atom is 0.344 e. The van der Waals surface area contributed by atoms with E-state index >= 15 is 0 Å². The summed E-state index contributed by atoms with van der Waals surface area (Å²) in [7, 11) is 1.11. The molecule has 0 aliphatic carbocycles. The van der Waals surface area contributed by atoms with Crippen LogP contribution in [0.4, 0.5) is 0 Å². The number of aromatic hydroxyl groups is 5. The van der Waals surface area contributed by atoms with Crippen LogP contribution >= 0.6 is 0 Å². The number of benzene rings is 2. The number of esters is 2. The van der Waals surface area contributed by atoms with Gasteiger partial charge in [-0.1, -0.05) is 0 Å². The van der Waals surface area contributed by atoms with E-state index in [1.807, 2.05) is 0 Å². The Bertz CT molecular complexity index is 780. The van der Waals surface area contributed by atoms with Gasteiger partial charge in [-0.25, -0.2) is 9.59 Å². The number of phenolic OH excluding ortho intramolecular Hbond substituents is 5. The molecule has 2 aromatic carbocycles. The highest BCUT2D eigenvalue weighted by molar-refractivity contribution is 5.94. The fourth-order valence-corrected chi connectivity index (χ4v) is 1.81. The van der Waals surface area contributed by atoms with Crippen molar-refractivity contribution in [3.8, 4) is 34.5 Å². The van der Waals surface area contributed by atoms with Crippen molar-refractivity contribution in [2.75, 3.05) is 7.11 Å². The van der Waals surface area contributed by atoms with Crippen LogP contribution in [0.2, 0.25) is 0 Å². The summed E-state index contributed by atoms with van der Waals surface area (Å²) in [5.41, 5.74) is -0.536. The summed E-state index contributed by atoms with van der Waals surface area (Å²) in [6.07, 6.45) is 0. The number of ether oxygens (including phenoxy) is 2. The van der Waals surface area contributed by atoms with Crippen LogP contribution in [0.1, 0.15) is 20.7 Å². The van der Waals surface area contributed by atoms with Crippen molar-refractivity contribution in [2.24, 2.45) is 0 Å². The van der Waals surface area contributed by atoms with Crippen molar-refractivity contribution in [1.82, 2.24) is 0 Å². The van der Waals surface area contributed by atoms with Crippen molar-refractivity contribution in [3.63, 3.8) is 0 Å². The highest BCUT2D eigenvalue weighted by Gasteiger charge is 2.21. The zero-order valence-corrected chi connectivity index (χ0v) is 12.2. The van der Waals surface area contributed by atoms with Crippen molar-refractivity contribution in [1.29, 1.82) is 0 Å². The summed E-state index contributed by atoms with van der Waals surface area (Å²) in [4.78, 5) is 23.3. The molecule has 0 unspecified atom stereocenters. The Balaban J connectivity index is 2.34. The van der Waals surface area contributed by atoms with Crippen LogP contribution in [0, 0.1) is 0 Å². The average Bonchev–Trinajstić information content (AvgIpc) is 2.54. The Morgan fingerprint density at radius 2 is 1.17 bits per heavy atom. The van der Waals surface area contributed by atoms with Gasteiger partial charge in [0.2, 0.25) is 5.75 Å². The SMILES string of the molecule is COC(=O)c1cc(O)c(OC(=O)c2cc(O)c(O)c(O)c2)c(O)c1. The number of carbonyl (C=O) groups excluding carboxylic acids is 2. The molecule has 0 aliphatic heterocycles. The third kappa shape index (κ3) is 3.09. The Kier molecular flexibility index (Phi) is 4.36. The van der Waals surface area contributed by atoms with Gasteiger partial charge < -0.3 is 35.0 Å². The summed E-state index contributed by atoms with van der Waals surface area (Å²) in [5.74, 6) is -6.40. The molecule has 0 fully saturated rings. The first-order chi connectivity index (χ1) is 11.2. The van der Waals surface area contributed by atoms with Crippen LogP contribution in [0.5, 0.6) is 34.5 Å². The van der Waals surface area contributed by atoms with Crippen LogP contribution in [0.25, 0.3) is 0 Å². The van der Waals surface area contributed by atoms with Crippen molar-refractivity contribution >= 4 is 11.9 Å². The van der Waals surface area contributed by atoms with Crippen molar-refractivity contribution in [3.05, 3.63) is 35.4 Å². The number of rotatable bonds is 3. The summed E-state index contributed by atoms with van der Waals surface area (Å²) >= 11 is 0. The van der Waals surface area contributed by atoms with Crippen LogP contribution in [-0.2, 0) is 4.74 Å². The molecule has 0 heterocycles. The first-order valence-corrected chi connectivity index (χ1v) is 6.36. The lowest BCUT2D eigenvalue weighted by Crippen LogP contribution is -2.09. The van der Waals surface area contributed by atoms with E-state index in [2.05, 4.69) is 4.74 Å². The number of methoxy groups -OCH3 is 1. The highest BCUT2D eigenvalue weighted by atomic mass is 16.5. The molecule has 0 amide bonds. The molecule has 0 saturated carbocycles. The summed E-state index contributed by atoms with van der Waals surface area (Å²) < 4.78 is 9.21. The fraction of sp³-hybridized carbons (Fsp3) is 0.0667. The van der Waals surface area contributed by atoms with Crippen LogP contribution in [-0.4, -0.2) is 44.6 Å². The van der Waals surface area contributed by atoms with Gasteiger partial charge in [-0.3, -0.25) is 0 Å². The molecule has 0 aliphatic rings. The first kappa shape index (κ1) is 16.7. The molecule has 126 valence electrons. The maximum absolute atomic E-state index is 12.0. The Labute approximate surface area is 134 Å². The average molecular weight is 336 g/mol. The number of hydrogen-bond donors (Lipinski definition) is 5. The van der Waals surface area contributed by atoms with Gasteiger partial charge in [0.1, 0.15) is 0 Å². The molecule has 0 saturated heterocycles. The predicted octanol–water partition coefficient (Wildman–Crippen LogP) is 1.22. The Morgan fingerprint density at radius 3 is 1.62 bits per heavy atom. The van der Waals surface area contributed by atoms with Gasteiger partial charge in [0.15, 0.2) is 28.7 Å². The monoisotopic (exact) mass is 336 g/mol. The minimum atomic E-state index is -1.16. The number of carbonyl (C=O) groups is 2. The second-order valence-electron chi connectivity index (χ2n) is 4.59. The Morgan fingerprint density at radius 1 is 0.750 bits per heavy atom. The van der Waals surface area contributed by atoms with Gasteiger partial charge in [-0.15, -0.1) is 0 Å². The third-order valence-electron chi connectivity index (χ3n) is 2.97. The molecule has 2 rings (SSSR count). The van der Waals surface area contributed by atoms with E-state index < -0.39 is 46.4 Å². The lowest BCUT2D eigenvalue weighted by molar-refractivity contribution is 0.0599. The summed E-state index contributed by atoms with van der Waals surface area (Å²) in [6.45, 7) is 0. The summed E-state index contributed by atoms with van der Waals surface area (Å²) in [6, 6.07) is 3.46. The van der Waals surface area contributed by atoms with E-state index in [0.29, 0.717) is 0 Å². The van der Waals surface area contributed by atoms with E-state index in [-0.39, 0.29) is 11.1 Å². The lowest BCUT2D eigenvalue weighted by Gasteiger charge is -2.10. The van der Waals surface area contributed by atoms with E-state index in [9.17, 15) is 35.1 Å². The van der Waals surface area contributed by atoms with Gasteiger partial charge in [-0.2, -0.15) is 0 Å². The van der Waals surface area contributed by atoms with Gasteiger partial charge in [0.05, 0.1) is 18.2 Å². The van der Waals surface area contributed by atoms with Gasteiger partial charge in [0, 0.05) is 0 Å². The smallest absolute Gasteiger partial charge is 0.344 e. The fourth-order valence-electron chi connectivity index (χ4n) is 1.81. The molecular weight excluding hydrogens is 324 g/mol. The highest BCUT2D eigenvalue weighted by Crippen LogP contribution is 2.39. The minimum Gasteiger partial charge on any atom is -0.504 e. The molecule has 0 aromatic heterocycles. The van der Waals surface area contributed by atoms with Gasteiger partial charge in [-0.05, 0) is 24.3 Å². The lowest BCUT2D eigenvalue weighted by atomic mass is 10.1. The zero-order valence-electron chi connectivity index (χ0n) is 12.2. The van der Waals surface area contributed by atoms with E-state index in [1.165, 1.54) is 0 Å². The predicted molar refractivity (Wildman–Crippen MR) is 77.5 cm³/mol. The second kappa shape index (κ2) is 6.24. The molecule has 0 atom stereocenters. The van der Waals surface area contributed by atoms with E-state index in [0.717, 1.165) is 31.4 Å². The molecule has 0 radical (unpaired) electrons. The van der Waals surface area contributed by atoms with Crippen LogP contribution < -0.4 is 4.74 Å². The topological polar surface area (TPSA) is 154 Å². The van der Waals surface area contributed by atoms with Crippen LogP contribution in [0.3, 0.4) is 0 Å². The zero-order chi connectivity index (χ0) is 18.0. The van der Waals surface area contributed by atoms with Crippen LogP contribution in [0.15, 0.2) is 24.3 Å². The minimum absolute atomic E-state index is 0.174. The molecule has 9 nitrogen and oxygen atoms in total. The molecule has 9 heteroatoms. The molecule has 0 bridgehead atoms. The normalized spacial score (nSPS) is 10.2. The molecule has 24 heavy (non-hydrogen) atoms. The Hall–Kier alpha value is -3.62. The molecule has 2 aromatic rings. The number of phenols is 5. The standard InChI is InChI=1S/C15H12O9/c1-23-14(21)6-4-10(18)13(11(19)5-6)24-15(22)7-2-8(16)12(20)9(17)3-7/h2-5,16-20H,1H3. The van der Waals surface area contributed by atoms with Crippen molar-refractivity contribution < 1.29 is 44.6 Å². The second-order valence-corrected chi connectivity index (χ2v) is 4.59. The first-order valence-electron chi connectivity index (χ1n) is 6.36. The third-order valence-corrected chi connectivity index (χ3v) is 2.97. The maximum atomic E-state index is 12.0. The molecule has 5 N–H and O–H groups in total. The molecule has 0 spiro atoms. The number of hydrogen-bond acceptors (Lipinski definition) is 9. The van der Waals surface area contributed by atoms with E-state index in [4.69, 9.17) is 4.74 Å². The summed E-state index contributed by atoms with van der Waals surface area (Å²) in [5, 5.41) is 47.5. The largest absolute Gasteiger partial charge is 0.504 e. The van der Waals surface area contributed by atoms with Crippen molar-refractivity contribution in [2.45, 2.75) is 0 Å². The van der Waals surface area contributed by atoms with Gasteiger partial charge in [0.25, 0.3) is 0 Å². The quantitative estimate of drug-likeness (QED) is 0.316. The molecular formula is C15H12O9.